The highest BCUT2D eigenvalue weighted by molar-refractivity contribution is 5.80. The van der Waals surface area contributed by atoms with Gasteiger partial charge in [0.15, 0.2) is 0 Å². The lowest BCUT2D eigenvalue weighted by Gasteiger charge is -2.24. The molecule has 1 heterocycles. The standard InChI is InChI=1S/C11H15NO2/c1-3-6-11(2,10(13)14)9-5-4-7-12-8-9/h4-5,7-8H,3,6H2,1-2H3,(H,13,14)/t11-/m1/s1. The van der Waals surface area contributed by atoms with E-state index in [0.717, 1.165) is 12.0 Å². The number of hydrogen-bond acceptors (Lipinski definition) is 2. The van der Waals surface area contributed by atoms with Crippen LogP contribution < -0.4 is 0 Å². The summed E-state index contributed by atoms with van der Waals surface area (Å²) in [6.45, 7) is 3.73. The minimum absolute atomic E-state index is 0.633. The molecule has 0 fully saturated rings. The van der Waals surface area contributed by atoms with Gasteiger partial charge in [0, 0.05) is 12.4 Å². The third-order valence-electron chi connectivity index (χ3n) is 2.52. The molecule has 3 heteroatoms. The van der Waals surface area contributed by atoms with E-state index in [1.54, 1.807) is 25.4 Å². The first kappa shape index (κ1) is 10.7. The van der Waals surface area contributed by atoms with Gasteiger partial charge in [-0.25, -0.2) is 0 Å². The van der Waals surface area contributed by atoms with Gasteiger partial charge in [0.2, 0.25) is 0 Å². The fourth-order valence-corrected chi connectivity index (χ4v) is 1.56. The van der Waals surface area contributed by atoms with Crippen LogP contribution in [-0.2, 0) is 10.2 Å². The summed E-state index contributed by atoms with van der Waals surface area (Å²) in [7, 11) is 0. The Balaban J connectivity index is 3.06. The normalized spacial score (nSPS) is 14.7. The van der Waals surface area contributed by atoms with Gasteiger partial charge in [0.05, 0.1) is 5.41 Å². The number of nitrogens with zero attached hydrogens (tertiary/aromatic N) is 1. The van der Waals surface area contributed by atoms with E-state index in [1.165, 1.54) is 0 Å². The Kier molecular flexibility index (Phi) is 3.23. The molecule has 0 bridgehead atoms. The molecule has 0 aliphatic heterocycles. The van der Waals surface area contributed by atoms with Crippen molar-refractivity contribution in [1.82, 2.24) is 4.98 Å². The molecule has 1 aromatic heterocycles. The fraction of sp³-hybridized carbons (Fsp3) is 0.455. The Hall–Kier alpha value is -1.38. The van der Waals surface area contributed by atoms with Crippen LogP contribution in [0.25, 0.3) is 0 Å². The Morgan fingerprint density at radius 2 is 2.36 bits per heavy atom. The molecule has 0 aliphatic carbocycles. The average Bonchev–Trinajstić information content (AvgIpc) is 2.19. The van der Waals surface area contributed by atoms with Crippen molar-refractivity contribution in [1.29, 1.82) is 0 Å². The van der Waals surface area contributed by atoms with Crippen LogP contribution in [0, 0.1) is 0 Å². The van der Waals surface area contributed by atoms with Crippen LogP contribution in [0.4, 0.5) is 0 Å². The van der Waals surface area contributed by atoms with Crippen LogP contribution in [0.2, 0.25) is 0 Å². The van der Waals surface area contributed by atoms with Crippen molar-refractivity contribution in [3.8, 4) is 0 Å². The van der Waals surface area contributed by atoms with Crippen LogP contribution >= 0.6 is 0 Å². The van der Waals surface area contributed by atoms with E-state index in [0.29, 0.717) is 6.42 Å². The lowest BCUT2D eigenvalue weighted by molar-refractivity contribution is -0.143. The lowest BCUT2D eigenvalue weighted by Crippen LogP contribution is -2.32. The van der Waals surface area contributed by atoms with Crippen molar-refractivity contribution in [3.63, 3.8) is 0 Å². The minimum atomic E-state index is -0.803. The van der Waals surface area contributed by atoms with Gasteiger partial charge >= 0.3 is 5.97 Å². The molecule has 14 heavy (non-hydrogen) atoms. The van der Waals surface area contributed by atoms with E-state index >= 15 is 0 Å². The van der Waals surface area contributed by atoms with Crippen molar-refractivity contribution < 1.29 is 9.90 Å². The zero-order valence-corrected chi connectivity index (χ0v) is 8.53. The molecular weight excluding hydrogens is 178 g/mol. The number of carboxylic acid groups (broad SMARTS) is 1. The largest absolute Gasteiger partial charge is 0.481 e. The van der Waals surface area contributed by atoms with Gasteiger partial charge in [-0.1, -0.05) is 19.4 Å². The molecule has 1 atom stereocenters. The van der Waals surface area contributed by atoms with Gasteiger partial charge in [-0.15, -0.1) is 0 Å². The van der Waals surface area contributed by atoms with Crippen molar-refractivity contribution in [2.24, 2.45) is 0 Å². The fourth-order valence-electron chi connectivity index (χ4n) is 1.56. The molecule has 1 aromatic rings. The molecule has 0 spiro atoms. The summed E-state index contributed by atoms with van der Waals surface area (Å²) in [6, 6.07) is 3.59. The molecule has 0 saturated carbocycles. The number of carbonyl (C=O) groups is 1. The Morgan fingerprint density at radius 1 is 1.64 bits per heavy atom. The first-order chi connectivity index (χ1) is 6.61. The number of carboxylic acids is 1. The number of rotatable bonds is 4. The summed E-state index contributed by atoms with van der Waals surface area (Å²) in [5.74, 6) is -0.785. The van der Waals surface area contributed by atoms with E-state index in [4.69, 9.17) is 0 Å². The predicted octanol–water partition coefficient (Wildman–Crippen LogP) is 2.22. The SMILES string of the molecule is CCC[C@@](C)(C(=O)O)c1cccnc1. The van der Waals surface area contributed by atoms with Crippen molar-refractivity contribution in [2.45, 2.75) is 32.1 Å². The van der Waals surface area contributed by atoms with E-state index in [1.807, 2.05) is 13.0 Å². The maximum atomic E-state index is 11.2. The Morgan fingerprint density at radius 3 is 2.79 bits per heavy atom. The number of hydrogen-bond donors (Lipinski definition) is 1. The zero-order valence-electron chi connectivity index (χ0n) is 8.53. The number of aromatic nitrogens is 1. The summed E-state index contributed by atoms with van der Waals surface area (Å²) < 4.78 is 0. The van der Waals surface area contributed by atoms with Gasteiger partial charge in [-0.05, 0) is 25.0 Å². The first-order valence-electron chi connectivity index (χ1n) is 4.75. The van der Waals surface area contributed by atoms with Gasteiger partial charge < -0.3 is 5.11 Å². The third-order valence-corrected chi connectivity index (χ3v) is 2.52. The lowest BCUT2D eigenvalue weighted by atomic mass is 9.79. The van der Waals surface area contributed by atoms with Gasteiger partial charge in [0.1, 0.15) is 0 Å². The number of pyridine rings is 1. The Bertz CT molecular complexity index is 310. The smallest absolute Gasteiger partial charge is 0.313 e. The molecule has 0 amide bonds. The quantitative estimate of drug-likeness (QED) is 0.797. The van der Waals surface area contributed by atoms with Crippen molar-refractivity contribution in [3.05, 3.63) is 30.1 Å². The summed E-state index contributed by atoms with van der Waals surface area (Å²) >= 11 is 0. The monoisotopic (exact) mass is 193 g/mol. The van der Waals surface area contributed by atoms with E-state index in [-0.39, 0.29) is 0 Å². The van der Waals surface area contributed by atoms with Gasteiger partial charge in [-0.2, -0.15) is 0 Å². The third kappa shape index (κ3) is 1.92. The molecule has 0 saturated heterocycles. The topological polar surface area (TPSA) is 50.2 Å². The van der Waals surface area contributed by atoms with E-state index in [2.05, 4.69) is 4.98 Å². The highest BCUT2D eigenvalue weighted by Crippen LogP contribution is 2.28. The van der Waals surface area contributed by atoms with Crippen molar-refractivity contribution in [2.75, 3.05) is 0 Å². The highest BCUT2D eigenvalue weighted by Gasteiger charge is 2.34. The van der Waals surface area contributed by atoms with Gasteiger partial charge in [-0.3, -0.25) is 9.78 Å². The van der Waals surface area contributed by atoms with Crippen LogP contribution in [0.1, 0.15) is 32.3 Å². The molecule has 0 radical (unpaired) electrons. The molecule has 0 aromatic carbocycles. The van der Waals surface area contributed by atoms with E-state index < -0.39 is 11.4 Å². The summed E-state index contributed by atoms with van der Waals surface area (Å²) in [5.41, 5.74) is -0.0300. The summed E-state index contributed by atoms with van der Waals surface area (Å²) in [4.78, 5) is 15.1. The molecule has 76 valence electrons. The average molecular weight is 193 g/mol. The van der Waals surface area contributed by atoms with Crippen LogP contribution in [-0.4, -0.2) is 16.1 Å². The molecule has 0 aliphatic rings. The van der Waals surface area contributed by atoms with Crippen molar-refractivity contribution >= 4 is 5.97 Å². The maximum absolute atomic E-state index is 11.2. The molecule has 1 N–H and O–H groups in total. The highest BCUT2D eigenvalue weighted by atomic mass is 16.4. The van der Waals surface area contributed by atoms with Crippen LogP contribution in [0.15, 0.2) is 24.5 Å². The summed E-state index contributed by atoms with van der Waals surface area (Å²) in [6.07, 6.45) is 4.76. The van der Waals surface area contributed by atoms with Gasteiger partial charge in [0.25, 0.3) is 0 Å². The predicted molar refractivity (Wildman–Crippen MR) is 54.1 cm³/mol. The second-order valence-corrected chi connectivity index (χ2v) is 3.63. The maximum Gasteiger partial charge on any atom is 0.313 e. The Labute approximate surface area is 83.8 Å². The molecular formula is C11H15NO2. The zero-order chi connectivity index (χ0) is 10.6. The van der Waals surface area contributed by atoms with Crippen LogP contribution in [0.3, 0.4) is 0 Å². The second-order valence-electron chi connectivity index (χ2n) is 3.63. The molecule has 3 nitrogen and oxygen atoms in total. The first-order valence-corrected chi connectivity index (χ1v) is 4.75. The molecule has 1 rings (SSSR count). The second kappa shape index (κ2) is 4.22. The van der Waals surface area contributed by atoms with Crippen LogP contribution in [0.5, 0.6) is 0 Å². The van der Waals surface area contributed by atoms with E-state index in [9.17, 15) is 9.90 Å². The number of aliphatic carboxylic acids is 1. The summed E-state index contributed by atoms with van der Waals surface area (Å²) in [5, 5.41) is 9.19. The minimum Gasteiger partial charge on any atom is -0.481 e. The molecule has 0 unspecified atom stereocenters.